The number of nitro groups is 2. The van der Waals surface area contributed by atoms with E-state index in [1.54, 1.807) is 36.4 Å². The molecule has 0 amide bonds. The molecule has 2 aromatic rings. The maximum Gasteiger partial charge on any atom is 0.333 e. The second-order valence-electron chi connectivity index (χ2n) is 5.46. The van der Waals surface area contributed by atoms with E-state index in [-0.39, 0.29) is 21.5 Å². The normalized spacial score (nSPS) is 11.1. The maximum absolute atomic E-state index is 12.1. The summed E-state index contributed by atoms with van der Waals surface area (Å²) in [6.45, 7) is 0. The van der Waals surface area contributed by atoms with Gasteiger partial charge in [-0.15, -0.1) is 0 Å². The predicted octanol–water partition coefficient (Wildman–Crippen LogP) is 3.05. The molecular weight excluding hydrogens is 344 g/mol. The van der Waals surface area contributed by atoms with E-state index < -0.39 is 21.2 Å². The highest BCUT2D eigenvalue weighted by Crippen LogP contribution is 2.44. The van der Waals surface area contributed by atoms with Crippen molar-refractivity contribution in [3.05, 3.63) is 74.0 Å². The van der Waals surface area contributed by atoms with Crippen molar-refractivity contribution in [3.8, 4) is 22.3 Å². The standard InChI is InChI=1S/C16H8N4O6/c21-18(22)12-8-13(19(23)24)15-16(20(25)26-17-15)14(12)11-7-6-9-4-2-1-3-5-10(9)11/h1-8H. The Bertz CT molecular complexity index is 1170. The lowest BCUT2D eigenvalue weighted by Gasteiger charge is -2.04. The quantitative estimate of drug-likeness (QED) is 0.313. The molecule has 1 aromatic carbocycles. The van der Waals surface area contributed by atoms with Gasteiger partial charge in [0.15, 0.2) is 0 Å². The lowest BCUT2D eigenvalue weighted by Crippen LogP contribution is -2.23. The van der Waals surface area contributed by atoms with Gasteiger partial charge >= 0.3 is 11.2 Å². The van der Waals surface area contributed by atoms with Crippen molar-refractivity contribution in [1.82, 2.24) is 5.16 Å². The van der Waals surface area contributed by atoms with E-state index in [0.717, 1.165) is 11.6 Å². The van der Waals surface area contributed by atoms with Crippen LogP contribution in [0.15, 0.2) is 53.2 Å². The Kier molecular flexibility index (Phi) is 3.26. The molecule has 4 rings (SSSR count). The number of benzene rings is 1. The maximum atomic E-state index is 12.1. The molecule has 0 bridgehead atoms. The predicted molar refractivity (Wildman–Crippen MR) is 88.3 cm³/mol. The van der Waals surface area contributed by atoms with Crippen LogP contribution in [0.5, 0.6) is 0 Å². The van der Waals surface area contributed by atoms with Gasteiger partial charge in [-0.25, -0.2) is 0 Å². The molecule has 0 N–H and O–H groups in total. The minimum atomic E-state index is -0.843. The first kappa shape index (κ1) is 15.4. The molecular formula is C16H8N4O6. The minimum absolute atomic E-state index is 0.0492. The van der Waals surface area contributed by atoms with Crippen molar-refractivity contribution in [2.45, 2.75) is 0 Å². The smallest absolute Gasteiger partial charge is 0.333 e. The largest absolute Gasteiger partial charge is 0.359 e. The molecule has 10 heteroatoms. The average Bonchev–Trinajstić information content (AvgIpc) is 3.09. The highest BCUT2D eigenvalue weighted by atomic mass is 16.8. The number of hydrogen-bond acceptors (Lipinski definition) is 7. The summed E-state index contributed by atoms with van der Waals surface area (Å²) in [5.74, 6) is 0. The van der Waals surface area contributed by atoms with E-state index in [1.165, 1.54) is 0 Å². The van der Waals surface area contributed by atoms with Gasteiger partial charge in [0.05, 0.1) is 21.1 Å². The Balaban J connectivity index is 2.18. The van der Waals surface area contributed by atoms with Crippen LogP contribution in [-0.4, -0.2) is 15.0 Å². The molecule has 2 aliphatic carbocycles. The number of non-ortho nitro benzene ring substituents is 1. The fraction of sp³-hybridized carbons (Fsp3) is 0. The number of hydrogen-bond donors (Lipinski definition) is 0. The van der Waals surface area contributed by atoms with Crippen LogP contribution >= 0.6 is 0 Å². The van der Waals surface area contributed by atoms with Crippen molar-refractivity contribution in [2.24, 2.45) is 0 Å². The lowest BCUT2D eigenvalue weighted by atomic mass is 9.98. The Labute approximate surface area is 144 Å². The highest BCUT2D eigenvalue weighted by molar-refractivity contribution is 6.03. The summed E-state index contributed by atoms with van der Waals surface area (Å²) in [5.41, 5.74) is -0.200. The fourth-order valence-corrected chi connectivity index (χ4v) is 3.00. The third-order valence-corrected chi connectivity index (χ3v) is 4.08. The molecule has 1 aromatic heterocycles. The summed E-state index contributed by atoms with van der Waals surface area (Å²) >= 11 is 0. The van der Waals surface area contributed by atoms with Gasteiger partial charge < -0.3 is 5.21 Å². The molecule has 10 nitrogen and oxygen atoms in total. The molecule has 1 heterocycles. The van der Waals surface area contributed by atoms with Crippen LogP contribution in [0, 0.1) is 25.4 Å². The second kappa shape index (κ2) is 5.48. The van der Waals surface area contributed by atoms with E-state index >= 15 is 0 Å². The first-order valence-electron chi connectivity index (χ1n) is 7.32. The monoisotopic (exact) mass is 352 g/mol. The molecule has 0 atom stereocenters. The first-order chi connectivity index (χ1) is 12.5. The van der Waals surface area contributed by atoms with Crippen LogP contribution in [0.4, 0.5) is 11.4 Å². The number of rotatable bonds is 3. The van der Waals surface area contributed by atoms with Crippen LogP contribution in [0.3, 0.4) is 0 Å². The number of nitro benzene ring substituents is 2. The van der Waals surface area contributed by atoms with Gasteiger partial charge in [0.2, 0.25) is 5.52 Å². The van der Waals surface area contributed by atoms with Gasteiger partial charge in [-0.3, -0.25) is 24.9 Å². The Morgan fingerprint density at radius 3 is 2.38 bits per heavy atom. The number of fused-ring (bicyclic) bond motifs is 2. The topological polar surface area (TPSA) is 139 Å². The summed E-state index contributed by atoms with van der Waals surface area (Å²) < 4.78 is 4.49. The van der Waals surface area contributed by atoms with Gasteiger partial charge in [-0.1, -0.05) is 42.5 Å². The highest BCUT2D eigenvalue weighted by Gasteiger charge is 2.36. The molecule has 0 unspecified atom stereocenters. The molecule has 26 heavy (non-hydrogen) atoms. The zero-order valence-corrected chi connectivity index (χ0v) is 12.9. The van der Waals surface area contributed by atoms with Gasteiger partial charge in [-0.05, 0) is 16.0 Å². The fourth-order valence-electron chi connectivity index (χ4n) is 3.00. The summed E-state index contributed by atoms with van der Waals surface area (Å²) in [5, 5.41) is 38.3. The van der Waals surface area contributed by atoms with E-state index in [4.69, 9.17) is 0 Å². The molecule has 2 aliphatic rings. The van der Waals surface area contributed by atoms with Crippen LogP contribution in [-0.2, 0) is 0 Å². The van der Waals surface area contributed by atoms with Crippen LogP contribution in [0.2, 0.25) is 0 Å². The average molecular weight is 352 g/mol. The third-order valence-electron chi connectivity index (χ3n) is 4.08. The van der Waals surface area contributed by atoms with Crippen molar-refractivity contribution in [3.63, 3.8) is 0 Å². The molecule has 0 saturated heterocycles. The summed E-state index contributed by atoms with van der Waals surface area (Å²) in [7, 11) is 0. The van der Waals surface area contributed by atoms with Gasteiger partial charge in [0.25, 0.3) is 5.69 Å². The van der Waals surface area contributed by atoms with Gasteiger partial charge in [-0.2, -0.15) is 0 Å². The zero-order valence-electron chi connectivity index (χ0n) is 12.9. The van der Waals surface area contributed by atoms with Crippen LogP contribution in [0.25, 0.3) is 33.3 Å². The third kappa shape index (κ3) is 2.13. The van der Waals surface area contributed by atoms with Crippen molar-refractivity contribution in [1.29, 1.82) is 0 Å². The van der Waals surface area contributed by atoms with Crippen LogP contribution < -0.4 is 4.90 Å². The molecule has 0 spiro atoms. The van der Waals surface area contributed by atoms with Crippen molar-refractivity contribution < 1.29 is 19.4 Å². The Morgan fingerprint density at radius 1 is 0.923 bits per heavy atom. The summed E-state index contributed by atoms with van der Waals surface area (Å²) in [6.07, 6.45) is 0. The number of nitrogens with zero attached hydrogens (tertiary/aromatic N) is 4. The first-order valence-corrected chi connectivity index (χ1v) is 7.32. The Hall–Kier alpha value is -4.08. The lowest BCUT2D eigenvalue weighted by molar-refractivity contribution is -0.782. The molecule has 128 valence electrons. The van der Waals surface area contributed by atoms with Gasteiger partial charge in [0.1, 0.15) is 5.56 Å². The zero-order chi connectivity index (χ0) is 18.4. The number of aromatic nitrogens is 2. The van der Waals surface area contributed by atoms with E-state index in [0.29, 0.717) is 11.1 Å². The Morgan fingerprint density at radius 2 is 1.65 bits per heavy atom. The van der Waals surface area contributed by atoms with E-state index in [2.05, 4.69) is 9.79 Å². The SMILES string of the molecule is O=[N+]([O-])c1cc([N+](=O)[O-])c2no[n+]([O-])c2c1-c1ccc2cccccc1-2. The summed E-state index contributed by atoms with van der Waals surface area (Å²) in [4.78, 5) is 21.2. The molecule has 0 fully saturated rings. The second-order valence-corrected chi connectivity index (χ2v) is 5.46. The van der Waals surface area contributed by atoms with Crippen molar-refractivity contribution in [2.75, 3.05) is 0 Å². The molecule has 0 aliphatic heterocycles. The van der Waals surface area contributed by atoms with E-state index in [9.17, 15) is 25.4 Å². The van der Waals surface area contributed by atoms with Crippen LogP contribution in [0.1, 0.15) is 0 Å². The van der Waals surface area contributed by atoms with E-state index in [1.807, 2.05) is 6.07 Å². The summed E-state index contributed by atoms with van der Waals surface area (Å²) in [6, 6.07) is 13.0. The van der Waals surface area contributed by atoms with Crippen molar-refractivity contribution >= 4 is 22.4 Å². The molecule has 0 radical (unpaired) electrons. The molecule has 0 saturated carbocycles. The minimum Gasteiger partial charge on any atom is -0.359 e. The van der Waals surface area contributed by atoms with Gasteiger partial charge in [0, 0.05) is 5.56 Å².